The summed E-state index contributed by atoms with van der Waals surface area (Å²) in [6.45, 7) is 1.61. The summed E-state index contributed by atoms with van der Waals surface area (Å²) in [5.74, 6) is 1.45. The number of hydrogen-bond donors (Lipinski definition) is 1. The van der Waals surface area contributed by atoms with E-state index in [2.05, 4.69) is 21.5 Å². The lowest BCUT2D eigenvalue weighted by Crippen LogP contribution is -2.43. The van der Waals surface area contributed by atoms with Crippen molar-refractivity contribution < 1.29 is 9.53 Å². The van der Waals surface area contributed by atoms with E-state index in [-0.39, 0.29) is 18.0 Å². The van der Waals surface area contributed by atoms with Gasteiger partial charge in [-0.1, -0.05) is 6.07 Å². The number of amides is 1. The average Bonchev–Trinajstić information content (AvgIpc) is 3.27. The normalized spacial score (nSPS) is 17.8. The molecule has 33 heavy (non-hydrogen) atoms. The Hall–Kier alpha value is -3.86. The van der Waals surface area contributed by atoms with Crippen LogP contribution in [0.25, 0.3) is 11.1 Å². The van der Waals surface area contributed by atoms with Crippen molar-refractivity contribution >= 4 is 17.4 Å². The molecule has 170 valence electrons. The molecule has 8 nitrogen and oxygen atoms in total. The number of aryl methyl sites for hydroxylation is 1. The standard InChI is InChI=1S/C25H28N6O2/c1-17(32)31(23-10-5-19(12-24(23)33-3)20-15-28-30(2)16-20)22-8-6-21(7-9-22)29-25-11-4-18(13-26)14-27-25/h4-5,10-12,14-16,21-22H,6-9H2,1-3H3,(H,27,29). The van der Waals surface area contributed by atoms with Gasteiger partial charge in [-0.15, -0.1) is 0 Å². The predicted molar refractivity (Wildman–Crippen MR) is 127 cm³/mol. The monoisotopic (exact) mass is 444 g/mol. The molecule has 3 aromatic rings. The van der Waals surface area contributed by atoms with Crippen LogP contribution >= 0.6 is 0 Å². The van der Waals surface area contributed by atoms with E-state index < -0.39 is 0 Å². The van der Waals surface area contributed by atoms with E-state index in [1.54, 1.807) is 31.0 Å². The molecule has 0 radical (unpaired) electrons. The molecule has 0 bridgehead atoms. The number of anilines is 2. The Morgan fingerprint density at radius 1 is 1.18 bits per heavy atom. The fourth-order valence-corrected chi connectivity index (χ4v) is 4.48. The quantitative estimate of drug-likeness (QED) is 0.614. The highest BCUT2D eigenvalue weighted by atomic mass is 16.5. The van der Waals surface area contributed by atoms with Crippen molar-refractivity contribution in [3.05, 3.63) is 54.5 Å². The number of benzene rings is 1. The third-order valence-corrected chi connectivity index (χ3v) is 6.12. The summed E-state index contributed by atoms with van der Waals surface area (Å²) in [6.07, 6.45) is 8.94. The fourth-order valence-electron chi connectivity index (χ4n) is 4.48. The maximum absolute atomic E-state index is 12.7. The van der Waals surface area contributed by atoms with Crippen LogP contribution in [-0.4, -0.2) is 39.9 Å². The Kier molecular flexibility index (Phi) is 6.59. The number of aromatic nitrogens is 3. The first kappa shape index (κ1) is 22.3. The zero-order chi connectivity index (χ0) is 23.4. The van der Waals surface area contributed by atoms with Crippen molar-refractivity contribution in [1.82, 2.24) is 14.8 Å². The van der Waals surface area contributed by atoms with Crippen LogP contribution in [0.4, 0.5) is 11.5 Å². The topological polar surface area (TPSA) is 96.1 Å². The van der Waals surface area contributed by atoms with Crippen molar-refractivity contribution in [1.29, 1.82) is 5.26 Å². The van der Waals surface area contributed by atoms with E-state index >= 15 is 0 Å². The second-order valence-corrected chi connectivity index (χ2v) is 8.37. The highest BCUT2D eigenvalue weighted by molar-refractivity contribution is 5.94. The molecule has 1 amide bonds. The SMILES string of the molecule is COc1cc(-c2cnn(C)c2)ccc1N(C(C)=O)C1CCC(Nc2ccc(C#N)cn2)CC1. The summed E-state index contributed by atoms with van der Waals surface area (Å²) in [4.78, 5) is 18.9. The molecule has 8 heteroatoms. The van der Waals surface area contributed by atoms with E-state index in [0.717, 1.165) is 48.3 Å². The van der Waals surface area contributed by atoms with Gasteiger partial charge in [0.1, 0.15) is 17.6 Å². The number of carbonyl (C=O) groups excluding carboxylic acids is 1. The van der Waals surface area contributed by atoms with Gasteiger partial charge in [0.05, 0.1) is 24.6 Å². The van der Waals surface area contributed by atoms with Crippen LogP contribution < -0.4 is 15.0 Å². The Labute approximate surface area is 193 Å². The van der Waals surface area contributed by atoms with E-state index in [0.29, 0.717) is 11.3 Å². The third kappa shape index (κ3) is 4.98. The van der Waals surface area contributed by atoms with E-state index in [4.69, 9.17) is 10.00 Å². The molecule has 1 fully saturated rings. The van der Waals surface area contributed by atoms with Gasteiger partial charge in [0, 0.05) is 44.0 Å². The second kappa shape index (κ2) is 9.74. The summed E-state index contributed by atoms with van der Waals surface area (Å²) in [7, 11) is 3.52. The van der Waals surface area contributed by atoms with Crippen LogP contribution in [0.2, 0.25) is 0 Å². The predicted octanol–water partition coefficient (Wildman–Crippen LogP) is 4.14. The van der Waals surface area contributed by atoms with Crippen LogP contribution in [0.15, 0.2) is 48.9 Å². The van der Waals surface area contributed by atoms with Crippen molar-refractivity contribution in [2.24, 2.45) is 7.05 Å². The van der Waals surface area contributed by atoms with Gasteiger partial charge in [-0.25, -0.2) is 4.98 Å². The molecule has 0 unspecified atom stereocenters. The number of hydrogen-bond acceptors (Lipinski definition) is 6. The molecule has 2 heterocycles. The number of nitrogens with one attached hydrogen (secondary N) is 1. The van der Waals surface area contributed by atoms with E-state index in [1.807, 2.05) is 48.6 Å². The molecular formula is C25H28N6O2. The lowest BCUT2D eigenvalue weighted by atomic mass is 9.89. The molecule has 4 rings (SSSR count). The van der Waals surface area contributed by atoms with Gasteiger partial charge in [0.2, 0.25) is 5.91 Å². The zero-order valence-corrected chi connectivity index (χ0v) is 19.2. The minimum Gasteiger partial charge on any atom is -0.495 e. The largest absolute Gasteiger partial charge is 0.495 e. The molecule has 1 aromatic carbocycles. The summed E-state index contributed by atoms with van der Waals surface area (Å²) in [5, 5.41) is 16.6. The number of rotatable bonds is 6. The molecule has 1 aliphatic carbocycles. The molecule has 2 aromatic heterocycles. The molecular weight excluding hydrogens is 416 g/mol. The molecule has 0 atom stereocenters. The summed E-state index contributed by atoms with van der Waals surface area (Å²) in [6, 6.07) is 12.0. The Morgan fingerprint density at radius 3 is 2.55 bits per heavy atom. The molecule has 1 saturated carbocycles. The lowest BCUT2D eigenvalue weighted by Gasteiger charge is -2.37. The molecule has 1 aliphatic rings. The zero-order valence-electron chi connectivity index (χ0n) is 19.2. The molecule has 0 saturated heterocycles. The summed E-state index contributed by atoms with van der Waals surface area (Å²) >= 11 is 0. The van der Waals surface area contributed by atoms with E-state index in [9.17, 15) is 4.79 Å². The highest BCUT2D eigenvalue weighted by Gasteiger charge is 2.30. The van der Waals surface area contributed by atoms with Crippen LogP contribution in [0.3, 0.4) is 0 Å². The van der Waals surface area contributed by atoms with Crippen molar-refractivity contribution in [2.45, 2.75) is 44.7 Å². The van der Waals surface area contributed by atoms with E-state index in [1.165, 1.54) is 0 Å². The highest BCUT2D eigenvalue weighted by Crippen LogP contribution is 2.37. The first-order chi connectivity index (χ1) is 16.0. The summed E-state index contributed by atoms with van der Waals surface area (Å²) in [5.41, 5.74) is 3.34. The van der Waals surface area contributed by atoms with Gasteiger partial charge >= 0.3 is 0 Å². The van der Waals surface area contributed by atoms with Crippen molar-refractivity contribution in [3.8, 4) is 22.9 Å². The Morgan fingerprint density at radius 2 is 1.97 bits per heavy atom. The summed E-state index contributed by atoms with van der Waals surface area (Å²) < 4.78 is 7.45. The third-order valence-electron chi connectivity index (χ3n) is 6.12. The van der Waals surface area contributed by atoms with Gasteiger partial charge < -0.3 is 15.0 Å². The number of ether oxygens (including phenoxy) is 1. The molecule has 0 aliphatic heterocycles. The van der Waals surface area contributed by atoms with Crippen LogP contribution in [-0.2, 0) is 11.8 Å². The maximum atomic E-state index is 12.7. The second-order valence-electron chi connectivity index (χ2n) is 8.37. The van der Waals surface area contributed by atoms with Crippen LogP contribution in [0.5, 0.6) is 5.75 Å². The lowest BCUT2D eigenvalue weighted by molar-refractivity contribution is -0.117. The average molecular weight is 445 g/mol. The smallest absolute Gasteiger partial charge is 0.224 e. The molecule has 1 N–H and O–H groups in total. The first-order valence-corrected chi connectivity index (χ1v) is 11.1. The van der Waals surface area contributed by atoms with Gasteiger partial charge in [-0.2, -0.15) is 10.4 Å². The molecule has 0 spiro atoms. The number of methoxy groups -OCH3 is 1. The first-order valence-electron chi connectivity index (χ1n) is 11.1. The van der Waals surface area contributed by atoms with Gasteiger partial charge in [-0.3, -0.25) is 9.48 Å². The minimum atomic E-state index is 0.00703. The van der Waals surface area contributed by atoms with Crippen LogP contribution in [0, 0.1) is 11.3 Å². The van der Waals surface area contributed by atoms with Crippen molar-refractivity contribution in [3.63, 3.8) is 0 Å². The van der Waals surface area contributed by atoms with Gasteiger partial charge in [-0.05, 0) is 55.5 Å². The van der Waals surface area contributed by atoms with Crippen molar-refractivity contribution in [2.75, 3.05) is 17.3 Å². The fraction of sp³-hybridized carbons (Fsp3) is 0.360. The minimum absolute atomic E-state index is 0.00703. The number of pyridine rings is 1. The van der Waals surface area contributed by atoms with Crippen LogP contribution in [0.1, 0.15) is 38.2 Å². The Balaban J connectivity index is 1.47. The number of carbonyl (C=O) groups is 1. The van der Waals surface area contributed by atoms with Gasteiger partial charge in [0.25, 0.3) is 0 Å². The number of nitriles is 1. The van der Waals surface area contributed by atoms with Gasteiger partial charge in [0.15, 0.2) is 0 Å². The Bertz CT molecular complexity index is 1160. The number of nitrogens with zero attached hydrogens (tertiary/aromatic N) is 5. The maximum Gasteiger partial charge on any atom is 0.224 e.